The topological polar surface area (TPSA) is 24.9 Å². The number of nitrogens with one attached hydrogen (secondary N) is 1. The van der Waals surface area contributed by atoms with E-state index in [1.54, 1.807) is 12.1 Å². The fourth-order valence-electron chi connectivity index (χ4n) is 0.707. The van der Waals surface area contributed by atoms with Crippen molar-refractivity contribution in [2.75, 3.05) is 11.9 Å². The van der Waals surface area contributed by atoms with E-state index in [4.69, 9.17) is 0 Å². The Labute approximate surface area is 77.1 Å². The molecule has 0 aliphatic carbocycles. The number of halogens is 3. The zero-order valence-electron chi connectivity index (χ0n) is 6.10. The van der Waals surface area contributed by atoms with Crippen molar-refractivity contribution >= 4 is 21.6 Å². The van der Waals surface area contributed by atoms with Crippen molar-refractivity contribution in [2.24, 2.45) is 0 Å². The first kappa shape index (κ1) is 9.38. The van der Waals surface area contributed by atoms with Gasteiger partial charge in [0.1, 0.15) is 4.60 Å². The lowest BCUT2D eigenvalue weighted by Gasteiger charge is -2.04. The third-order valence-electron chi connectivity index (χ3n) is 1.19. The van der Waals surface area contributed by atoms with Crippen LogP contribution in [-0.4, -0.2) is 18.0 Å². The third-order valence-corrected chi connectivity index (χ3v) is 1.62. The number of rotatable bonds is 3. The Morgan fingerprint density at radius 1 is 1.58 bits per heavy atom. The molecule has 0 radical (unpaired) electrons. The molecule has 1 aromatic heterocycles. The van der Waals surface area contributed by atoms with Crippen molar-refractivity contribution in [3.63, 3.8) is 0 Å². The van der Waals surface area contributed by atoms with Crippen LogP contribution in [0, 0.1) is 0 Å². The van der Waals surface area contributed by atoms with Crippen LogP contribution in [0.15, 0.2) is 22.9 Å². The van der Waals surface area contributed by atoms with Gasteiger partial charge in [-0.2, -0.15) is 0 Å². The van der Waals surface area contributed by atoms with Gasteiger partial charge in [-0.3, -0.25) is 0 Å². The number of hydrogen-bond donors (Lipinski definition) is 1. The lowest BCUT2D eigenvalue weighted by atomic mass is 10.4. The van der Waals surface area contributed by atoms with Crippen LogP contribution in [-0.2, 0) is 0 Å². The molecule has 0 bridgehead atoms. The van der Waals surface area contributed by atoms with Crippen LogP contribution in [0.3, 0.4) is 0 Å². The number of anilines is 1. The lowest BCUT2D eigenvalue weighted by molar-refractivity contribution is 0.163. The standard InChI is InChI=1S/C7H7BrF2N2/c8-6-3-5(1-2-11-6)12-4-7(9)10/h1-3,7H,4H2,(H,11,12). The molecule has 0 unspecified atom stereocenters. The van der Waals surface area contributed by atoms with Gasteiger partial charge in [0.2, 0.25) is 0 Å². The van der Waals surface area contributed by atoms with Gasteiger partial charge in [0.05, 0.1) is 6.54 Å². The molecule has 12 heavy (non-hydrogen) atoms. The Kier molecular flexibility index (Phi) is 3.40. The summed E-state index contributed by atoms with van der Waals surface area (Å²) < 4.78 is 24.1. The van der Waals surface area contributed by atoms with Gasteiger partial charge in [-0.05, 0) is 28.1 Å². The van der Waals surface area contributed by atoms with Crippen LogP contribution in [0.4, 0.5) is 14.5 Å². The van der Waals surface area contributed by atoms with Crippen molar-refractivity contribution in [3.05, 3.63) is 22.9 Å². The highest BCUT2D eigenvalue weighted by atomic mass is 79.9. The Morgan fingerprint density at radius 2 is 2.33 bits per heavy atom. The number of hydrogen-bond acceptors (Lipinski definition) is 2. The van der Waals surface area contributed by atoms with E-state index in [1.165, 1.54) is 6.20 Å². The highest BCUT2D eigenvalue weighted by molar-refractivity contribution is 9.10. The maximum absolute atomic E-state index is 11.7. The van der Waals surface area contributed by atoms with Gasteiger partial charge in [0, 0.05) is 11.9 Å². The molecule has 0 atom stereocenters. The highest BCUT2D eigenvalue weighted by Gasteiger charge is 2.01. The minimum Gasteiger partial charge on any atom is -0.379 e. The Balaban J connectivity index is 2.52. The zero-order chi connectivity index (χ0) is 8.97. The minimum atomic E-state index is -2.34. The van der Waals surface area contributed by atoms with Gasteiger partial charge in [0.25, 0.3) is 6.43 Å². The first-order valence-electron chi connectivity index (χ1n) is 3.32. The lowest BCUT2D eigenvalue weighted by Crippen LogP contribution is -2.09. The molecule has 2 nitrogen and oxygen atoms in total. The average Bonchev–Trinajstić information content (AvgIpc) is 2.01. The maximum atomic E-state index is 11.7. The second kappa shape index (κ2) is 4.35. The van der Waals surface area contributed by atoms with E-state index >= 15 is 0 Å². The summed E-state index contributed by atoms with van der Waals surface area (Å²) in [7, 11) is 0. The molecule has 1 N–H and O–H groups in total. The quantitative estimate of drug-likeness (QED) is 0.817. The largest absolute Gasteiger partial charge is 0.379 e. The molecule has 1 rings (SSSR count). The van der Waals surface area contributed by atoms with Crippen LogP contribution >= 0.6 is 15.9 Å². The second-order valence-corrected chi connectivity index (χ2v) is 2.95. The highest BCUT2D eigenvalue weighted by Crippen LogP contribution is 2.12. The molecule has 0 amide bonds. The molecule has 0 aromatic carbocycles. The molecule has 0 saturated carbocycles. The van der Waals surface area contributed by atoms with E-state index in [9.17, 15) is 8.78 Å². The predicted octanol–water partition coefficient (Wildman–Crippen LogP) is 2.52. The molecule has 0 aliphatic heterocycles. The van der Waals surface area contributed by atoms with Crippen molar-refractivity contribution in [3.8, 4) is 0 Å². The first-order valence-corrected chi connectivity index (χ1v) is 4.11. The number of pyridine rings is 1. The van der Waals surface area contributed by atoms with E-state index in [0.717, 1.165) is 0 Å². The summed E-state index contributed by atoms with van der Waals surface area (Å²) in [6.45, 7) is -0.337. The van der Waals surface area contributed by atoms with Crippen molar-refractivity contribution < 1.29 is 8.78 Å². The molecule has 0 spiro atoms. The van der Waals surface area contributed by atoms with E-state index < -0.39 is 6.43 Å². The Morgan fingerprint density at radius 3 is 2.92 bits per heavy atom. The Hall–Kier alpha value is -0.710. The fraction of sp³-hybridized carbons (Fsp3) is 0.286. The summed E-state index contributed by atoms with van der Waals surface area (Å²) in [4.78, 5) is 3.86. The normalized spacial score (nSPS) is 10.3. The number of alkyl halides is 2. The van der Waals surface area contributed by atoms with E-state index in [2.05, 4.69) is 26.2 Å². The molecule has 66 valence electrons. The van der Waals surface area contributed by atoms with Gasteiger partial charge in [-0.15, -0.1) is 0 Å². The molecule has 0 aliphatic rings. The zero-order valence-corrected chi connectivity index (χ0v) is 7.68. The molecule has 0 fully saturated rings. The number of aromatic nitrogens is 1. The first-order chi connectivity index (χ1) is 5.68. The summed E-state index contributed by atoms with van der Waals surface area (Å²) in [5.74, 6) is 0. The maximum Gasteiger partial charge on any atom is 0.255 e. The van der Waals surface area contributed by atoms with Crippen molar-refractivity contribution in [2.45, 2.75) is 6.43 Å². The van der Waals surface area contributed by atoms with Crippen LogP contribution in [0.1, 0.15) is 0 Å². The van der Waals surface area contributed by atoms with Crippen LogP contribution in [0.2, 0.25) is 0 Å². The Bertz CT molecular complexity index is 255. The third kappa shape index (κ3) is 3.13. The molecule has 1 heterocycles. The predicted molar refractivity (Wildman–Crippen MR) is 46.4 cm³/mol. The number of nitrogens with zero attached hydrogens (tertiary/aromatic N) is 1. The summed E-state index contributed by atoms with van der Waals surface area (Å²) in [5.41, 5.74) is 0.636. The average molecular weight is 237 g/mol. The molecule has 0 saturated heterocycles. The van der Waals surface area contributed by atoms with Crippen LogP contribution in [0.5, 0.6) is 0 Å². The van der Waals surface area contributed by atoms with Gasteiger partial charge in [0.15, 0.2) is 0 Å². The van der Waals surface area contributed by atoms with Gasteiger partial charge in [-0.1, -0.05) is 0 Å². The second-order valence-electron chi connectivity index (χ2n) is 2.14. The molecular formula is C7H7BrF2N2. The monoisotopic (exact) mass is 236 g/mol. The minimum absolute atomic E-state index is 0.337. The fourth-order valence-corrected chi connectivity index (χ4v) is 1.07. The van der Waals surface area contributed by atoms with Crippen molar-refractivity contribution in [1.82, 2.24) is 4.98 Å². The van der Waals surface area contributed by atoms with E-state index in [-0.39, 0.29) is 6.54 Å². The summed E-state index contributed by atoms with van der Waals surface area (Å²) >= 11 is 3.13. The van der Waals surface area contributed by atoms with Crippen LogP contribution < -0.4 is 5.32 Å². The van der Waals surface area contributed by atoms with E-state index in [0.29, 0.717) is 10.3 Å². The SMILES string of the molecule is FC(F)CNc1ccnc(Br)c1. The van der Waals surface area contributed by atoms with E-state index in [1.807, 2.05) is 0 Å². The van der Waals surface area contributed by atoms with Gasteiger partial charge >= 0.3 is 0 Å². The molecule has 1 aromatic rings. The van der Waals surface area contributed by atoms with Gasteiger partial charge < -0.3 is 5.32 Å². The molecule has 5 heteroatoms. The summed E-state index contributed by atoms with van der Waals surface area (Å²) in [6, 6.07) is 3.27. The van der Waals surface area contributed by atoms with Crippen LogP contribution in [0.25, 0.3) is 0 Å². The van der Waals surface area contributed by atoms with Gasteiger partial charge in [-0.25, -0.2) is 13.8 Å². The smallest absolute Gasteiger partial charge is 0.255 e. The molecular weight excluding hydrogens is 230 g/mol. The summed E-state index contributed by atoms with van der Waals surface area (Å²) in [6.07, 6.45) is -0.797. The van der Waals surface area contributed by atoms with Crippen molar-refractivity contribution in [1.29, 1.82) is 0 Å². The summed E-state index contributed by atoms with van der Waals surface area (Å²) in [5, 5.41) is 2.56.